The minimum Gasteiger partial charge on any atom is -0.352 e. The fourth-order valence-electron chi connectivity index (χ4n) is 2.30. The Bertz CT molecular complexity index is 403. The summed E-state index contributed by atoms with van der Waals surface area (Å²) in [6, 6.07) is 8.24. The lowest BCUT2D eigenvalue weighted by Gasteiger charge is -2.14. The van der Waals surface area contributed by atoms with Crippen LogP contribution < -0.4 is 10.6 Å². The van der Waals surface area contributed by atoms with E-state index in [-0.39, 0.29) is 11.8 Å². The van der Waals surface area contributed by atoms with E-state index in [0.717, 1.165) is 18.7 Å². The summed E-state index contributed by atoms with van der Waals surface area (Å²) in [4.78, 5) is 12.0. The second-order valence-electron chi connectivity index (χ2n) is 4.95. The van der Waals surface area contributed by atoms with Crippen molar-refractivity contribution in [1.82, 2.24) is 10.6 Å². The molecule has 2 rings (SSSR count). The van der Waals surface area contributed by atoms with E-state index in [9.17, 15) is 4.79 Å². The molecule has 1 aliphatic heterocycles. The molecule has 1 aromatic carbocycles. The minimum atomic E-state index is 0.125. The number of hydrogen-bond donors (Lipinski definition) is 2. The van der Waals surface area contributed by atoms with Gasteiger partial charge in [-0.15, -0.1) is 0 Å². The van der Waals surface area contributed by atoms with Crippen LogP contribution >= 0.6 is 0 Å². The molecular weight excluding hydrogens is 212 g/mol. The van der Waals surface area contributed by atoms with Crippen molar-refractivity contribution in [2.24, 2.45) is 11.8 Å². The van der Waals surface area contributed by atoms with Gasteiger partial charge >= 0.3 is 0 Å². The largest absolute Gasteiger partial charge is 0.352 e. The van der Waals surface area contributed by atoms with Crippen molar-refractivity contribution >= 4 is 5.91 Å². The van der Waals surface area contributed by atoms with E-state index in [1.165, 1.54) is 5.56 Å². The van der Waals surface area contributed by atoms with Crippen LogP contribution in [0.2, 0.25) is 0 Å². The lowest BCUT2D eigenvalue weighted by Crippen LogP contribution is -2.33. The van der Waals surface area contributed by atoms with Gasteiger partial charge in [-0.1, -0.05) is 36.8 Å². The van der Waals surface area contributed by atoms with Crippen LogP contribution in [-0.2, 0) is 11.3 Å². The van der Waals surface area contributed by atoms with Gasteiger partial charge in [-0.05, 0) is 24.9 Å². The van der Waals surface area contributed by atoms with Gasteiger partial charge in [0, 0.05) is 13.1 Å². The topological polar surface area (TPSA) is 41.1 Å². The highest BCUT2D eigenvalue weighted by molar-refractivity contribution is 5.79. The van der Waals surface area contributed by atoms with Gasteiger partial charge in [0.25, 0.3) is 0 Å². The van der Waals surface area contributed by atoms with Gasteiger partial charge in [-0.2, -0.15) is 0 Å². The molecule has 3 heteroatoms. The third-order valence-electron chi connectivity index (χ3n) is 3.40. The van der Waals surface area contributed by atoms with Gasteiger partial charge in [-0.25, -0.2) is 0 Å². The Morgan fingerprint density at radius 3 is 2.94 bits per heavy atom. The summed E-state index contributed by atoms with van der Waals surface area (Å²) in [7, 11) is 0. The van der Waals surface area contributed by atoms with Crippen molar-refractivity contribution in [3.63, 3.8) is 0 Å². The molecule has 1 saturated heterocycles. The van der Waals surface area contributed by atoms with Crippen molar-refractivity contribution in [2.75, 3.05) is 13.1 Å². The molecule has 2 atom stereocenters. The second-order valence-corrected chi connectivity index (χ2v) is 4.95. The van der Waals surface area contributed by atoms with E-state index in [0.29, 0.717) is 12.5 Å². The SMILES string of the molecule is Cc1cccc(CNC(=O)C2CNCC2C)c1. The quantitative estimate of drug-likeness (QED) is 0.828. The van der Waals surface area contributed by atoms with Crippen LogP contribution in [0, 0.1) is 18.8 Å². The zero-order valence-corrected chi connectivity index (χ0v) is 10.5. The predicted octanol–water partition coefficient (Wildman–Crippen LogP) is 1.47. The third kappa shape index (κ3) is 3.07. The fourth-order valence-corrected chi connectivity index (χ4v) is 2.30. The standard InChI is InChI=1S/C14H20N2O/c1-10-4-3-5-12(6-10)8-16-14(17)13-9-15-7-11(13)2/h3-6,11,13,15H,7-9H2,1-2H3,(H,16,17). The Hall–Kier alpha value is -1.35. The first-order valence-electron chi connectivity index (χ1n) is 6.21. The first-order valence-corrected chi connectivity index (χ1v) is 6.21. The zero-order valence-electron chi connectivity index (χ0n) is 10.5. The number of benzene rings is 1. The van der Waals surface area contributed by atoms with Gasteiger partial charge in [0.2, 0.25) is 5.91 Å². The Morgan fingerprint density at radius 1 is 1.47 bits per heavy atom. The Morgan fingerprint density at radius 2 is 2.29 bits per heavy atom. The lowest BCUT2D eigenvalue weighted by atomic mass is 9.97. The van der Waals surface area contributed by atoms with Crippen molar-refractivity contribution in [3.8, 4) is 0 Å². The summed E-state index contributed by atoms with van der Waals surface area (Å²) in [6.45, 7) is 6.57. The highest BCUT2D eigenvalue weighted by Gasteiger charge is 2.29. The van der Waals surface area contributed by atoms with Crippen molar-refractivity contribution in [3.05, 3.63) is 35.4 Å². The number of hydrogen-bond acceptors (Lipinski definition) is 2. The fraction of sp³-hybridized carbons (Fsp3) is 0.500. The zero-order chi connectivity index (χ0) is 12.3. The van der Waals surface area contributed by atoms with E-state index in [4.69, 9.17) is 0 Å². The molecule has 3 nitrogen and oxygen atoms in total. The van der Waals surface area contributed by atoms with E-state index in [1.807, 2.05) is 12.1 Å². The summed E-state index contributed by atoms with van der Waals surface area (Å²) in [5.74, 6) is 0.733. The maximum atomic E-state index is 12.0. The van der Waals surface area contributed by atoms with Crippen LogP contribution in [0.3, 0.4) is 0 Å². The van der Waals surface area contributed by atoms with Gasteiger partial charge in [0.15, 0.2) is 0 Å². The maximum Gasteiger partial charge on any atom is 0.224 e. The van der Waals surface area contributed by atoms with Crippen LogP contribution in [0.15, 0.2) is 24.3 Å². The van der Waals surface area contributed by atoms with Gasteiger partial charge in [0.05, 0.1) is 5.92 Å². The molecule has 2 unspecified atom stereocenters. The molecule has 0 bridgehead atoms. The Labute approximate surface area is 103 Å². The van der Waals surface area contributed by atoms with Crippen LogP contribution in [0.1, 0.15) is 18.1 Å². The van der Waals surface area contributed by atoms with Gasteiger partial charge in [0.1, 0.15) is 0 Å². The normalized spacial score (nSPS) is 23.6. The molecular formula is C14H20N2O. The van der Waals surface area contributed by atoms with E-state index in [2.05, 4.69) is 36.6 Å². The summed E-state index contributed by atoms with van der Waals surface area (Å²) >= 11 is 0. The highest BCUT2D eigenvalue weighted by atomic mass is 16.1. The molecule has 0 radical (unpaired) electrons. The smallest absolute Gasteiger partial charge is 0.224 e. The molecule has 2 N–H and O–H groups in total. The molecule has 92 valence electrons. The van der Waals surface area contributed by atoms with E-state index >= 15 is 0 Å². The molecule has 17 heavy (non-hydrogen) atoms. The van der Waals surface area contributed by atoms with Crippen LogP contribution in [0.5, 0.6) is 0 Å². The number of amides is 1. The predicted molar refractivity (Wildman–Crippen MR) is 68.5 cm³/mol. The monoisotopic (exact) mass is 232 g/mol. The minimum absolute atomic E-state index is 0.125. The summed E-state index contributed by atoms with van der Waals surface area (Å²) < 4.78 is 0. The lowest BCUT2D eigenvalue weighted by molar-refractivity contribution is -0.125. The van der Waals surface area contributed by atoms with Crippen LogP contribution in [-0.4, -0.2) is 19.0 Å². The van der Waals surface area contributed by atoms with Gasteiger partial charge in [-0.3, -0.25) is 4.79 Å². The van der Waals surface area contributed by atoms with Crippen molar-refractivity contribution in [2.45, 2.75) is 20.4 Å². The van der Waals surface area contributed by atoms with Crippen molar-refractivity contribution in [1.29, 1.82) is 0 Å². The molecule has 1 heterocycles. The summed E-state index contributed by atoms with van der Waals surface area (Å²) in [6.07, 6.45) is 0. The number of carbonyl (C=O) groups excluding carboxylic acids is 1. The first kappa shape index (κ1) is 12.1. The molecule has 1 amide bonds. The highest BCUT2D eigenvalue weighted by Crippen LogP contribution is 2.15. The van der Waals surface area contributed by atoms with Crippen LogP contribution in [0.25, 0.3) is 0 Å². The molecule has 0 spiro atoms. The van der Waals surface area contributed by atoms with Crippen LogP contribution in [0.4, 0.5) is 0 Å². The average molecular weight is 232 g/mol. The number of carbonyl (C=O) groups is 1. The maximum absolute atomic E-state index is 12.0. The molecule has 1 aliphatic rings. The number of rotatable bonds is 3. The molecule has 0 aliphatic carbocycles. The van der Waals surface area contributed by atoms with Gasteiger partial charge < -0.3 is 10.6 Å². The number of aryl methyl sites for hydroxylation is 1. The first-order chi connectivity index (χ1) is 8.16. The van der Waals surface area contributed by atoms with E-state index < -0.39 is 0 Å². The Kier molecular flexibility index (Phi) is 3.79. The molecule has 1 fully saturated rings. The average Bonchev–Trinajstić information content (AvgIpc) is 2.72. The second kappa shape index (κ2) is 5.32. The summed E-state index contributed by atoms with van der Waals surface area (Å²) in [5, 5.41) is 6.27. The third-order valence-corrected chi connectivity index (χ3v) is 3.40. The molecule has 0 saturated carbocycles. The van der Waals surface area contributed by atoms with E-state index in [1.54, 1.807) is 0 Å². The number of nitrogens with one attached hydrogen (secondary N) is 2. The Balaban J connectivity index is 1.88. The summed E-state index contributed by atoms with van der Waals surface area (Å²) in [5.41, 5.74) is 2.39. The molecule has 0 aromatic heterocycles. The molecule has 1 aromatic rings. The van der Waals surface area contributed by atoms with Crippen molar-refractivity contribution < 1.29 is 4.79 Å².